The van der Waals surface area contributed by atoms with Gasteiger partial charge in [-0.1, -0.05) is 83.4 Å². The van der Waals surface area contributed by atoms with E-state index in [1.807, 2.05) is 39.8 Å². The van der Waals surface area contributed by atoms with Gasteiger partial charge in [0.25, 0.3) is 0 Å². The van der Waals surface area contributed by atoms with Crippen molar-refractivity contribution < 1.29 is 36.6 Å². The van der Waals surface area contributed by atoms with E-state index in [0.29, 0.717) is 29.8 Å². The van der Waals surface area contributed by atoms with Crippen molar-refractivity contribution in [1.29, 1.82) is 0 Å². The van der Waals surface area contributed by atoms with Crippen molar-refractivity contribution in [2.45, 2.75) is 102 Å². The molecule has 46 heavy (non-hydrogen) atoms. The molecule has 0 bridgehead atoms. The third kappa shape index (κ3) is 13.8. The van der Waals surface area contributed by atoms with E-state index in [-0.39, 0.29) is 41.7 Å². The van der Waals surface area contributed by atoms with Crippen LogP contribution in [-0.2, 0) is 20.4 Å². The lowest BCUT2D eigenvalue weighted by atomic mass is 9.75. The van der Waals surface area contributed by atoms with Gasteiger partial charge in [0, 0.05) is 31.2 Å². The second-order valence-corrected chi connectivity index (χ2v) is 13.7. The van der Waals surface area contributed by atoms with Gasteiger partial charge in [-0.3, -0.25) is 9.59 Å². The molecule has 1 atom stereocenters. The lowest BCUT2D eigenvalue weighted by Gasteiger charge is -2.32. The lowest BCUT2D eigenvalue weighted by molar-refractivity contribution is -0.159. The summed E-state index contributed by atoms with van der Waals surface area (Å²) in [6.45, 7) is 8.02. The first-order valence-corrected chi connectivity index (χ1v) is 15.9. The van der Waals surface area contributed by atoms with E-state index in [1.165, 1.54) is 18.6 Å². The number of carbonyl (C=O) groups excluding carboxylic acids is 2. The van der Waals surface area contributed by atoms with E-state index in [4.69, 9.17) is 5.11 Å². The van der Waals surface area contributed by atoms with Crippen LogP contribution in [0.5, 0.6) is 0 Å². The number of alkyl halides is 3. The Morgan fingerprint density at radius 3 is 1.52 bits per heavy atom. The number of nitrogens with zero attached hydrogens (tertiary/aromatic N) is 1. The third-order valence-corrected chi connectivity index (χ3v) is 8.76. The van der Waals surface area contributed by atoms with Gasteiger partial charge in [0.15, 0.2) is 0 Å². The van der Waals surface area contributed by atoms with Crippen molar-refractivity contribution in [3.05, 3.63) is 71.3 Å². The number of hydrogen-bond donors (Lipinski definition) is 1. The minimum Gasteiger partial charge on any atom is -0.387 e. The van der Waals surface area contributed by atoms with E-state index in [9.17, 15) is 31.5 Å². The Labute approximate surface area is 277 Å². The first-order chi connectivity index (χ1) is 21.0. The summed E-state index contributed by atoms with van der Waals surface area (Å²) in [6, 6.07) is 13.6. The number of rotatable bonds is 8. The van der Waals surface area contributed by atoms with E-state index in [0.717, 1.165) is 51.6 Å². The highest BCUT2D eigenvalue weighted by Crippen LogP contribution is 2.34. The number of likely N-dealkylation sites (tertiary alicyclic amines) is 1. The zero-order chi connectivity index (χ0) is 33.8. The number of ketones is 2. The first-order valence-electron chi connectivity index (χ1n) is 15.9. The molecule has 0 radical (unpaired) electrons. The summed E-state index contributed by atoms with van der Waals surface area (Å²) >= 11 is 0. The number of carbonyl (C=O) groups is 2. The van der Waals surface area contributed by atoms with Crippen molar-refractivity contribution in [2.75, 3.05) is 26.7 Å². The van der Waals surface area contributed by atoms with Gasteiger partial charge >= 0.3 is 6.18 Å². The largest absolute Gasteiger partial charge is 0.411 e. The van der Waals surface area contributed by atoms with E-state index in [2.05, 4.69) is 11.9 Å². The Morgan fingerprint density at radius 2 is 1.13 bits per heavy atom. The van der Waals surface area contributed by atoms with Crippen molar-refractivity contribution in [3.63, 3.8) is 0 Å². The fraction of sp³-hybridized carbons (Fsp3) is 0.611. The second-order valence-electron chi connectivity index (χ2n) is 13.7. The Balaban J connectivity index is 0.000000385. The van der Waals surface area contributed by atoms with Gasteiger partial charge in [0.05, 0.1) is 0 Å². The molecule has 0 unspecified atom stereocenters. The van der Waals surface area contributed by atoms with Gasteiger partial charge in [-0.25, -0.2) is 8.78 Å². The maximum atomic E-state index is 13.9. The van der Waals surface area contributed by atoms with Gasteiger partial charge in [-0.15, -0.1) is 12.4 Å². The molecule has 0 spiro atoms. The standard InChI is InChI=1S/C17H24FNO.C17H23FO.C2H3F3O.ClH/c1-17(2,14-8-4-5-9-15(14)18)11-16(20)13-7-6-10-19(3)12-13;1-17(2,14-10-6-7-11-15(14)18)12-16(19)13-8-4-3-5-9-13;3-2(4,5)1-6;/h4-5,8-9,13H,6-7,10-12H2,1-3H3;6-7,10-11,13H,3-5,8-9,12H2,1-2H3;6H,1H2;1H/t13-;;;/m0.../s1. The molecule has 10 heteroatoms. The quantitative estimate of drug-likeness (QED) is 0.284. The molecule has 1 saturated carbocycles. The van der Waals surface area contributed by atoms with E-state index >= 15 is 0 Å². The average molecular weight is 676 g/mol. The molecular formula is C36H51ClF5NO3. The van der Waals surface area contributed by atoms with Crippen LogP contribution < -0.4 is 0 Å². The highest BCUT2D eigenvalue weighted by molar-refractivity contribution is 5.85. The molecule has 2 fully saturated rings. The van der Waals surface area contributed by atoms with Gasteiger partial charge in [-0.05, 0) is 73.4 Å². The predicted molar refractivity (Wildman–Crippen MR) is 175 cm³/mol. The Bertz CT molecular complexity index is 1230. The molecule has 0 amide bonds. The van der Waals surface area contributed by atoms with Crippen LogP contribution in [0.15, 0.2) is 48.5 Å². The molecular weight excluding hydrogens is 625 g/mol. The third-order valence-electron chi connectivity index (χ3n) is 8.76. The number of piperidine rings is 1. The lowest BCUT2D eigenvalue weighted by Crippen LogP contribution is -2.38. The highest BCUT2D eigenvalue weighted by atomic mass is 35.5. The highest BCUT2D eigenvalue weighted by Gasteiger charge is 2.32. The summed E-state index contributed by atoms with van der Waals surface area (Å²) in [6.07, 6.45) is 4.11. The summed E-state index contributed by atoms with van der Waals surface area (Å²) < 4.78 is 59.4. The summed E-state index contributed by atoms with van der Waals surface area (Å²) in [4.78, 5) is 27.1. The van der Waals surface area contributed by atoms with Gasteiger partial charge < -0.3 is 10.0 Å². The molecule has 2 aliphatic rings. The number of benzene rings is 2. The van der Waals surface area contributed by atoms with Gasteiger partial charge in [0.2, 0.25) is 0 Å². The smallest absolute Gasteiger partial charge is 0.387 e. The molecule has 4 nitrogen and oxygen atoms in total. The maximum absolute atomic E-state index is 13.9. The summed E-state index contributed by atoms with van der Waals surface area (Å²) in [5, 5.41) is 7.28. The zero-order valence-electron chi connectivity index (χ0n) is 27.8. The SMILES string of the molecule is CC(C)(CC(=O)C1CCCCC1)c1ccccc1F.CN1CCC[C@H](C(=O)CC(C)(C)c2ccccc2F)C1.Cl.OCC(F)(F)F. The maximum Gasteiger partial charge on any atom is 0.411 e. The zero-order valence-corrected chi connectivity index (χ0v) is 28.6. The van der Waals surface area contributed by atoms with Crippen molar-refractivity contribution in [1.82, 2.24) is 4.90 Å². The first kappa shape index (κ1) is 41.7. The predicted octanol–water partition coefficient (Wildman–Crippen LogP) is 9.01. The van der Waals surface area contributed by atoms with Crippen molar-refractivity contribution in [3.8, 4) is 0 Å². The van der Waals surface area contributed by atoms with Gasteiger partial charge in [0.1, 0.15) is 29.8 Å². The number of Topliss-reactive ketones (excluding diaryl/α,β-unsaturated/α-hetero) is 2. The Kier molecular flexibility index (Phi) is 17.1. The van der Waals surface area contributed by atoms with Crippen LogP contribution in [0.25, 0.3) is 0 Å². The van der Waals surface area contributed by atoms with Crippen LogP contribution in [0.2, 0.25) is 0 Å². The molecule has 2 aromatic carbocycles. The average Bonchev–Trinajstić information content (AvgIpc) is 2.98. The molecule has 1 aliphatic carbocycles. The molecule has 1 saturated heterocycles. The van der Waals surface area contributed by atoms with Crippen molar-refractivity contribution in [2.24, 2.45) is 11.8 Å². The normalized spacial score (nSPS) is 17.8. The minimum atomic E-state index is -4.40. The summed E-state index contributed by atoms with van der Waals surface area (Å²) in [5.74, 6) is 0.479. The van der Waals surface area contributed by atoms with Gasteiger partial charge in [-0.2, -0.15) is 13.2 Å². The van der Waals surface area contributed by atoms with Crippen LogP contribution in [0, 0.1) is 23.5 Å². The molecule has 1 N–H and O–H groups in total. The molecule has 2 aromatic rings. The molecule has 1 aliphatic heterocycles. The summed E-state index contributed by atoms with van der Waals surface area (Å²) in [7, 11) is 2.06. The fourth-order valence-electron chi connectivity index (χ4n) is 6.22. The van der Waals surface area contributed by atoms with Crippen LogP contribution in [0.3, 0.4) is 0 Å². The topological polar surface area (TPSA) is 57.6 Å². The number of hydrogen-bond acceptors (Lipinski definition) is 4. The number of halogens is 6. The van der Waals surface area contributed by atoms with Crippen LogP contribution in [-0.4, -0.2) is 54.5 Å². The monoisotopic (exact) mass is 675 g/mol. The summed E-state index contributed by atoms with van der Waals surface area (Å²) in [5.41, 5.74) is 0.426. The fourth-order valence-corrected chi connectivity index (χ4v) is 6.22. The molecule has 4 rings (SSSR count). The van der Waals surface area contributed by atoms with Crippen molar-refractivity contribution >= 4 is 24.0 Å². The second kappa shape index (κ2) is 18.8. The van der Waals surface area contributed by atoms with E-state index in [1.54, 1.807) is 24.3 Å². The van der Waals surface area contributed by atoms with Crippen LogP contribution in [0.1, 0.15) is 96.6 Å². The minimum absolute atomic E-state index is 0. The van der Waals surface area contributed by atoms with Crippen LogP contribution >= 0.6 is 12.4 Å². The number of aliphatic hydroxyl groups is 1. The molecule has 1 heterocycles. The van der Waals surface area contributed by atoms with E-state index < -0.39 is 23.6 Å². The molecule has 0 aromatic heterocycles. The van der Waals surface area contributed by atoms with Crippen LogP contribution in [0.4, 0.5) is 22.0 Å². The molecule has 260 valence electrons. The Hall–Kier alpha value is -2.36. The Morgan fingerprint density at radius 1 is 0.739 bits per heavy atom. The number of aliphatic hydroxyl groups excluding tert-OH is 1.